The van der Waals surface area contributed by atoms with E-state index in [0.717, 1.165) is 55.2 Å². The Labute approximate surface area is 215 Å². The summed E-state index contributed by atoms with van der Waals surface area (Å²) in [5.74, 6) is 0.116. The summed E-state index contributed by atoms with van der Waals surface area (Å²) in [6, 6.07) is 14.2. The van der Waals surface area contributed by atoms with Gasteiger partial charge in [-0.15, -0.1) is 0 Å². The van der Waals surface area contributed by atoms with Crippen LogP contribution in [0.1, 0.15) is 63.0 Å². The van der Waals surface area contributed by atoms with Gasteiger partial charge in [-0.1, -0.05) is 54.9 Å². The lowest BCUT2D eigenvalue weighted by molar-refractivity contribution is -0.134. The number of rotatable bonds is 12. The maximum atomic E-state index is 13.0. The molecule has 3 atom stereocenters. The molecular formula is C29H41ClN2O3. The van der Waals surface area contributed by atoms with E-state index >= 15 is 0 Å². The van der Waals surface area contributed by atoms with E-state index in [4.69, 9.17) is 22.1 Å². The van der Waals surface area contributed by atoms with Gasteiger partial charge in [-0.25, -0.2) is 0 Å². The first-order valence-electron chi connectivity index (χ1n) is 12.9. The van der Waals surface area contributed by atoms with Crippen LogP contribution in [0.3, 0.4) is 0 Å². The number of methoxy groups -OCH3 is 1. The zero-order valence-corrected chi connectivity index (χ0v) is 22.2. The molecule has 0 spiro atoms. The highest BCUT2D eigenvalue weighted by molar-refractivity contribution is 6.33. The molecule has 192 valence electrons. The number of nitrogens with two attached hydrogens (primary N) is 1. The van der Waals surface area contributed by atoms with E-state index in [-0.39, 0.29) is 17.9 Å². The first-order valence-corrected chi connectivity index (χ1v) is 13.3. The SMILES string of the molecule is CCc1cccc(-c2c(Cl)cccc2C(O)(CCCCOC)CCN(C)C(=O)[C@@H]2CC[C@H](N)C2)c1. The van der Waals surface area contributed by atoms with Gasteiger partial charge in [0.15, 0.2) is 0 Å². The third kappa shape index (κ3) is 7.07. The van der Waals surface area contributed by atoms with Gasteiger partial charge < -0.3 is 20.5 Å². The molecule has 1 unspecified atom stereocenters. The second kappa shape index (κ2) is 12.9. The van der Waals surface area contributed by atoms with E-state index in [9.17, 15) is 9.90 Å². The Balaban J connectivity index is 1.90. The van der Waals surface area contributed by atoms with E-state index in [2.05, 4.69) is 19.1 Å². The highest BCUT2D eigenvalue weighted by Gasteiger charge is 2.35. The van der Waals surface area contributed by atoms with Crippen molar-refractivity contribution in [1.29, 1.82) is 0 Å². The maximum Gasteiger partial charge on any atom is 0.225 e. The van der Waals surface area contributed by atoms with Crippen LogP contribution in [-0.4, -0.2) is 49.3 Å². The normalized spacial score (nSPS) is 19.5. The fraction of sp³-hybridized carbons (Fsp3) is 0.552. The number of amides is 1. The van der Waals surface area contributed by atoms with Crippen molar-refractivity contribution in [2.45, 2.75) is 69.9 Å². The monoisotopic (exact) mass is 500 g/mol. The van der Waals surface area contributed by atoms with Gasteiger partial charge in [0.2, 0.25) is 5.91 Å². The van der Waals surface area contributed by atoms with E-state index < -0.39 is 5.60 Å². The molecule has 3 N–H and O–H groups in total. The van der Waals surface area contributed by atoms with E-state index in [1.807, 2.05) is 37.4 Å². The number of benzene rings is 2. The van der Waals surface area contributed by atoms with Crippen LogP contribution in [0.5, 0.6) is 0 Å². The topological polar surface area (TPSA) is 75.8 Å². The lowest BCUT2D eigenvalue weighted by Crippen LogP contribution is -2.37. The van der Waals surface area contributed by atoms with Gasteiger partial charge in [-0.05, 0) is 74.1 Å². The lowest BCUT2D eigenvalue weighted by atomic mass is 9.81. The number of hydrogen-bond donors (Lipinski definition) is 2. The second-order valence-electron chi connectivity index (χ2n) is 9.98. The standard InChI is InChI=1S/C29H41ClN2O3/c1-4-21-9-7-10-22(19-21)27-25(11-8-12-26(27)30)29(34,15-5-6-18-35-3)16-17-32(2)28(33)23-13-14-24(31)20-23/h7-12,19,23-24,34H,4-6,13-18,20,31H2,1-3H3/t23-,24+,29?/m1/s1. The van der Waals surface area contributed by atoms with Crippen LogP contribution in [-0.2, 0) is 21.6 Å². The van der Waals surface area contributed by atoms with Crippen LogP contribution in [0.25, 0.3) is 11.1 Å². The van der Waals surface area contributed by atoms with Crippen molar-refractivity contribution in [3.8, 4) is 11.1 Å². The van der Waals surface area contributed by atoms with Crippen molar-refractivity contribution in [3.63, 3.8) is 0 Å². The van der Waals surface area contributed by atoms with E-state index in [1.54, 1.807) is 12.0 Å². The Kier molecular flexibility index (Phi) is 10.2. The third-order valence-electron chi connectivity index (χ3n) is 7.39. The minimum Gasteiger partial charge on any atom is -0.385 e. The quantitative estimate of drug-likeness (QED) is 0.374. The first kappa shape index (κ1) is 27.7. The molecular weight excluding hydrogens is 460 g/mol. The van der Waals surface area contributed by atoms with Crippen molar-refractivity contribution in [3.05, 3.63) is 58.6 Å². The number of aryl methyl sites for hydroxylation is 1. The zero-order valence-electron chi connectivity index (χ0n) is 21.4. The molecule has 5 nitrogen and oxygen atoms in total. The van der Waals surface area contributed by atoms with Crippen molar-refractivity contribution in [2.75, 3.05) is 27.3 Å². The molecule has 1 saturated carbocycles. The molecule has 1 aliphatic carbocycles. The Bertz CT molecular complexity index is 982. The van der Waals surface area contributed by atoms with Crippen molar-refractivity contribution in [1.82, 2.24) is 4.90 Å². The molecule has 0 heterocycles. The minimum atomic E-state index is -1.13. The lowest BCUT2D eigenvalue weighted by Gasteiger charge is -2.33. The number of carbonyl (C=O) groups is 1. The number of ether oxygens (including phenoxy) is 1. The largest absolute Gasteiger partial charge is 0.385 e. The van der Waals surface area contributed by atoms with Gasteiger partial charge in [-0.2, -0.15) is 0 Å². The predicted octanol–water partition coefficient (Wildman–Crippen LogP) is 5.55. The highest BCUT2D eigenvalue weighted by atomic mass is 35.5. The zero-order chi connectivity index (χ0) is 25.4. The van der Waals surface area contributed by atoms with E-state index in [0.29, 0.717) is 31.0 Å². The number of hydrogen-bond acceptors (Lipinski definition) is 4. The van der Waals surface area contributed by atoms with Gasteiger partial charge in [0.05, 0.1) is 5.60 Å². The molecule has 2 aromatic carbocycles. The molecule has 1 aliphatic rings. The summed E-state index contributed by atoms with van der Waals surface area (Å²) >= 11 is 6.75. The van der Waals surface area contributed by atoms with Crippen LogP contribution in [0.4, 0.5) is 0 Å². The van der Waals surface area contributed by atoms with Crippen LogP contribution in [0, 0.1) is 5.92 Å². The molecule has 1 amide bonds. The predicted molar refractivity (Wildman–Crippen MR) is 143 cm³/mol. The molecule has 6 heteroatoms. The van der Waals surface area contributed by atoms with Crippen LogP contribution >= 0.6 is 11.6 Å². The van der Waals surface area contributed by atoms with Crippen molar-refractivity contribution < 1.29 is 14.6 Å². The maximum absolute atomic E-state index is 13.0. The van der Waals surface area contributed by atoms with Gasteiger partial charge in [0, 0.05) is 49.9 Å². The Hall–Kier alpha value is -1.92. The number of carbonyl (C=O) groups excluding carboxylic acids is 1. The average molecular weight is 501 g/mol. The summed E-state index contributed by atoms with van der Waals surface area (Å²) in [5.41, 5.74) is 8.82. The number of halogens is 1. The molecule has 2 aromatic rings. The summed E-state index contributed by atoms with van der Waals surface area (Å²) in [6.45, 7) is 3.24. The minimum absolute atomic E-state index is 0.0108. The van der Waals surface area contributed by atoms with Crippen molar-refractivity contribution in [2.24, 2.45) is 11.7 Å². The summed E-state index contributed by atoms with van der Waals surface area (Å²) in [4.78, 5) is 14.8. The molecule has 3 rings (SSSR count). The van der Waals surface area contributed by atoms with E-state index in [1.165, 1.54) is 5.56 Å². The summed E-state index contributed by atoms with van der Waals surface area (Å²) in [5, 5.41) is 12.8. The second-order valence-corrected chi connectivity index (χ2v) is 10.4. The molecule has 0 radical (unpaired) electrons. The molecule has 0 aliphatic heterocycles. The molecule has 0 bridgehead atoms. The summed E-state index contributed by atoms with van der Waals surface area (Å²) in [7, 11) is 3.53. The van der Waals surface area contributed by atoms with Crippen LogP contribution in [0.2, 0.25) is 5.02 Å². The Morgan fingerprint density at radius 3 is 2.66 bits per heavy atom. The smallest absolute Gasteiger partial charge is 0.225 e. The van der Waals surface area contributed by atoms with Crippen LogP contribution in [0.15, 0.2) is 42.5 Å². The molecule has 0 saturated heterocycles. The molecule has 0 aromatic heterocycles. The van der Waals surface area contributed by atoms with Gasteiger partial charge in [-0.3, -0.25) is 4.79 Å². The first-order chi connectivity index (χ1) is 16.8. The number of unbranched alkanes of at least 4 members (excludes halogenated alkanes) is 1. The van der Waals surface area contributed by atoms with Gasteiger partial charge in [0.1, 0.15) is 0 Å². The fourth-order valence-corrected chi connectivity index (χ4v) is 5.51. The highest BCUT2D eigenvalue weighted by Crippen LogP contribution is 2.41. The number of aliphatic hydroxyl groups is 1. The average Bonchev–Trinajstić information content (AvgIpc) is 3.30. The fourth-order valence-electron chi connectivity index (χ4n) is 5.23. The van der Waals surface area contributed by atoms with Gasteiger partial charge >= 0.3 is 0 Å². The Morgan fingerprint density at radius 2 is 1.97 bits per heavy atom. The van der Waals surface area contributed by atoms with Crippen LogP contribution < -0.4 is 5.73 Å². The summed E-state index contributed by atoms with van der Waals surface area (Å²) < 4.78 is 5.23. The molecule has 1 fully saturated rings. The van der Waals surface area contributed by atoms with Crippen molar-refractivity contribution >= 4 is 17.5 Å². The van der Waals surface area contributed by atoms with Gasteiger partial charge in [0.25, 0.3) is 0 Å². The molecule has 35 heavy (non-hydrogen) atoms. The Morgan fingerprint density at radius 1 is 1.20 bits per heavy atom. The number of nitrogens with zero attached hydrogens (tertiary/aromatic N) is 1. The summed E-state index contributed by atoms with van der Waals surface area (Å²) in [6.07, 6.45) is 6.07. The third-order valence-corrected chi connectivity index (χ3v) is 7.70.